The summed E-state index contributed by atoms with van der Waals surface area (Å²) in [7, 11) is 0. The molecule has 2 atom stereocenters. The first-order valence-electron chi connectivity index (χ1n) is 9.55. The van der Waals surface area contributed by atoms with Gasteiger partial charge in [0, 0.05) is 19.0 Å². The molecule has 1 aromatic heterocycles. The minimum absolute atomic E-state index is 0.0212. The van der Waals surface area contributed by atoms with Gasteiger partial charge in [0.15, 0.2) is 0 Å². The minimum Gasteiger partial charge on any atom is -0.346 e. The number of amides is 2. The maximum Gasteiger partial charge on any atom is 0.242 e. The average Bonchev–Trinajstić information content (AvgIpc) is 3.00. The van der Waals surface area contributed by atoms with E-state index in [0.717, 1.165) is 36.2 Å². The largest absolute Gasteiger partial charge is 0.346 e. The summed E-state index contributed by atoms with van der Waals surface area (Å²) in [5.41, 5.74) is 1.78. The molecule has 2 unspecified atom stereocenters. The summed E-state index contributed by atoms with van der Waals surface area (Å²) in [4.78, 5) is 31.5. The molecule has 0 radical (unpaired) electrons. The molecule has 26 heavy (non-hydrogen) atoms. The zero-order valence-electron chi connectivity index (χ0n) is 15.9. The Labute approximate surface area is 154 Å². The van der Waals surface area contributed by atoms with Crippen LogP contribution < -0.4 is 5.32 Å². The van der Waals surface area contributed by atoms with E-state index in [0.29, 0.717) is 6.42 Å². The molecule has 0 saturated carbocycles. The molecule has 6 nitrogen and oxygen atoms in total. The molecule has 1 aromatic carbocycles. The van der Waals surface area contributed by atoms with Crippen LogP contribution in [0.15, 0.2) is 24.3 Å². The van der Waals surface area contributed by atoms with Crippen LogP contribution in [-0.4, -0.2) is 38.9 Å². The molecule has 140 valence electrons. The Bertz CT molecular complexity index is 798. The summed E-state index contributed by atoms with van der Waals surface area (Å²) < 4.78 is 1.96. The van der Waals surface area contributed by atoms with Crippen molar-refractivity contribution in [2.45, 2.75) is 65.1 Å². The third-order valence-corrected chi connectivity index (χ3v) is 5.19. The first kappa shape index (κ1) is 18.4. The van der Waals surface area contributed by atoms with E-state index < -0.39 is 0 Å². The third kappa shape index (κ3) is 3.74. The molecule has 0 aliphatic carbocycles. The lowest BCUT2D eigenvalue weighted by atomic mass is 10.0. The molecule has 3 rings (SSSR count). The first-order valence-corrected chi connectivity index (χ1v) is 9.55. The van der Waals surface area contributed by atoms with Crippen molar-refractivity contribution >= 4 is 22.8 Å². The van der Waals surface area contributed by atoms with Crippen molar-refractivity contribution in [1.82, 2.24) is 19.8 Å². The lowest BCUT2D eigenvalue weighted by Gasteiger charge is -2.33. The van der Waals surface area contributed by atoms with Crippen molar-refractivity contribution in [3.8, 4) is 0 Å². The fourth-order valence-electron chi connectivity index (χ4n) is 3.69. The molecule has 0 bridgehead atoms. The maximum absolute atomic E-state index is 13.0. The molecular formula is C20H28N4O2. The normalized spacial score (nSPS) is 18.7. The van der Waals surface area contributed by atoms with Gasteiger partial charge in [0.25, 0.3) is 0 Å². The number of aromatic nitrogens is 2. The Kier molecular flexibility index (Phi) is 5.59. The first-order chi connectivity index (χ1) is 12.5. The van der Waals surface area contributed by atoms with E-state index in [4.69, 9.17) is 4.98 Å². The van der Waals surface area contributed by atoms with Crippen LogP contribution in [0, 0.1) is 0 Å². The van der Waals surface area contributed by atoms with Crippen LogP contribution in [0.4, 0.5) is 0 Å². The Hall–Kier alpha value is -2.37. The highest BCUT2D eigenvalue weighted by Gasteiger charge is 2.26. The van der Waals surface area contributed by atoms with Gasteiger partial charge in [-0.05, 0) is 45.2 Å². The van der Waals surface area contributed by atoms with Crippen molar-refractivity contribution in [3.63, 3.8) is 0 Å². The molecule has 1 N–H and O–H groups in total. The molecule has 1 fully saturated rings. The Morgan fingerprint density at radius 1 is 1.31 bits per heavy atom. The van der Waals surface area contributed by atoms with Gasteiger partial charge in [-0.2, -0.15) is 0 Å². The van der Waals surface area contributed by atoms with Gasteiger partial charge in [0.05, 0.1) is 17.1 Å². The highest BCUT2D eigenvalue weighted by atomic mass is 16.2. The molecule has 2 heterocycles. The fraction of sp³-hybridized carbons (Fsp3) is 0.550. The summed E-state index contributed by atoms with van der Waals surface area (Å²) in [6.07, 6.45) is 3.74. The van der Waals surface area contributed by atoms with Crippen molar-refractivity contribution in [2.75, 3.05) is 6.54 Å². The minimum atomic E-state index is -0.249. The number of imidazole rings is 1. The van der Waals surface area contributed by atoms with Gasteiger partial charge < -0.3 is 14.8 Å². The lowest BCUT2D eigenvalue weighted by molar-refractivity contribution is -0.135. The second kappa shape index (κ2) is 7.89. The molecular weight excluding hydrogens is 328 g/mol. The van der Waals surface area contributed by atoms with Gasteiger partial charge >= 0.3 is 0 Å². The number of hydrogen-bond donors (Lipinski definition) is 1. The van der Waals surface area contributed by atoms with E-state index in [1.807, 2.05) is 47.6 Å². The summed E-state index contributed by atoms with van der Waals surface area (Å²) in [5.74, 6) is 0.828. The quantitative estimate of drug-likeness (QED) is 0.895. The van der Waals surface area contributed by atoms with Gasteiger partial charge in [0.1, 0.15) is 12.4 Å². The van der Waals surface area contributed by atoms with Crippen LogP contribution >= 0.6 is 0 Å². The van der Waals surface area contributed by atoms with Gasteiger partial charge in [-0.1, -0.05) is 19.1 Å². The second-order valence-electron chi connectivity index (χ2n) is 7.12. The van der Waals surface area contributed by atoms with Crippen molar-refractivity contribution < 1.29 is 9.59 Å². The fourth-order valence-corrected chi connectivity index (χ4v) is 3.69. The van der Waals surface area contributed by atoms with Crippen molar-refractivity contribution in [3.05, 3.63) is 30.1 Å². The van der Waals surface area contributed by atoms with Gasteiger partial charge in [-0.25, -0.2) is 4.98 Å². The molecule has 0 spiro atoms. The number of fused-ring (bicyclic) bond motifs is 1. The summed E-state index contributed by atoms with van der Waals surface area (Å²) >= 11 is 0. The number of likely N-dealkylation sites (tertiary alicyclic amines) is 1. The molecule has 1 aliphatic rings. The van der Waals surface area contributed by atoms with E-state index in [2.05, 4.69) is 12.2 Å². The van der Waals surface area contributed by atoms with E-state index in [1.165, 1.54) is 6.42 Å². The molecule has 2 amide bonds. The van der Waals surface area contributed by atoms with Crippen molar-refractivity contribution in [2.24, 2.45) is 0 Å². The van der Waals surface area contributed by atoms with Crippen LogP contribution in [0.1, 0.15) is 58.3 Å². The Morgan fingerprint density at radius 2 is 2.08 bits per heavy atom. The third-order valence-electron chi connectivity index (χ3n) is 5.19. The molecule has 1 aliphatic heterocycles. The summed E-state index contributed by atoms with van der Waals surface area (Å²) in [6, 6.07) is 7.85. The standard InChI is InChI=1S/C20H28N4O2/c1-4-18(25)21-15(3)20-22-16-10-5-6-11-17(16)24(20)13-19(26)23-12-8-7-9-14(23)2/h5-6,10-11,14-15H,4,7-9,12-13H2,1-3H3,(H,21,25). The molecule has 2 aromatic rings. The number of rotatable bonds is 5. The predicted molar refractivity (Wildman–Crippen MR) is 102 cm³/mol. The number of para-hydroxylation sites is 2. The van der Waals surface area contributed by atoms with Crippen LogP contribution in [0.5, 0.6) is 0 Å². The van der Waals surface area contributed by atoms with Gasteiger partial charge in [0.2, 0.25) is 11.8 Å². The topological polar surface area (TPSA) is 67.2 Å². The van der Waals surface area contributed by atoms with E-state index in [9.17, 15) is 9.59 Å². The Morgan fingerprint density at radius 3 is 2.81 bits per heavy atom. The molecule has 1 saturated heterocycles. The van der Waals surface area contributed by atoms with Gasteiger partial charge in [-0.3, -0.25) is 9.59 Å². The SMILES string of the molecule is CCC(=O)NC(C)c1nc2ccccc2n1CC(=O)N1CCCCC1C. The molecule has 6 heteroatoms. The maximum atomic E-state index is 13.0. The number of benzene rings is 1. The zero-order chi connectivity index (χ0) is 18.7. The zero-order valence-corrected chi connectivity index (χ0v) is 15.9. The van der Waals surface area contributed by atoms with Gasteiger partial charge in [-0.15, -0.1) is 0 Å². The number of nitrogens with zero attached hydrogens (tertiary/aromatic N) is 3. The highest BCUT2D eigenvalue weighted by molar-refractivity contribution is 5.82. The van der Waals surface area contributed by atoms with Crippen LogP contribution in [0.3, 0.4) is 0 Å². The van der Waals surface area contributed by atoms with Crippen LogP contribution in [0.25, 0.3) is 11.0 Å². The monoisotopic (exact) mass is 356 g/mol. The number of carbonyl (C=O) groups is 2. The second-order valence-corrected chi connectivity index (χ2v) is 7.12. The average molecular weight is 356 g/mol. The van der Waals surface area contributed by atoms with Crippen LogP contribution in [-0.2, 0) is 16.1 Å². The number of hydrogen-bond acceptors (Lipinski definition) is 3. The Balaban J connectivity index is 1.91. The van der Waals surface area contributed by atoms with Crippen molar-refractivity contribution in [1.29, 1.82) is 0 Å². The lowest BCUT2D eigenvalue weighted by Crippen LogP contribution is -2.44. The van der Waals surface area contributed by atoms with Crippen LogP contribution in [0.2, 0.25) is 0 Å². The highest BCUT2D eigenvalue weighted by Crippen LogP contribution is 2.23. The van der Waals surface area contributed by atoms with E-state index >= 15 is 0 Å². The number of carbonyl (C=O) groups excluding carboxylic acids is 2. The number of piperidine rings is 1. The predicted octanol–water partition coefficient (Wildman–Crippen LogP) is 3.02. The summed E-state index contributed by atoms with van der Waals surface area (Å²) in [6.45, 7) is 6.94. The van der Waals surface area contributed by atoms with E-state index in [-0.39, 0.29) is 30.4 Å². The number of nitrogens with one attached hydrogen (secondary N) is 1. The van der Waals surface area contributed by atoms with E-state index in [1.54, 1.807) is 0 Å². The smallest absolute Gasteiger partial charge is 0.242 e. The summed E-state index contributed by atoms with van der Waals surface area (Å²) in [5, 5.41) is 2.96.